The molecule has 11 heavy (non-hydrogen) atoms. The van der Waals surface area contributed by atoms with E-state index in [2.05, 4.69) is 0 Å². The summed E-state index contributed by atoms with van der Waals surface area (Å²) >= 11 is 0. The second kappa shape index (κ2) is 3.06. The SMILES string of the molecule is NC1CCCCN1S(N)(=O)=O. The first-order valence-corrected chi connectivity index (χ1v) is 5.07. The zero-order valence-electron chi connectivity index (χ0n) is 6.23. The molecule has 0 spiro atoms. The minimum Gasteiger partial charge on any atom is -0.315 e. The Morgan fingerprint density at radius 3 is 2.36 bits per heavy atom. The van der Waals surface area contributed by atoms with E-state index in [0.717, 1.165) is 17.1 Å². The summed E-state index contributed by atoms with van der Waals surface area (Å²) in [5.41, 5.74) is 5.53. The van der Waals surface area contributed by atoms with Crippen molar-refractivity contribution in [2.24, 2.45) is 10.9 Å². The van der Waals surface area contributed by atoms with Gasteiger partial charge in [-0.1, -0.05) is 0 Å². The Bertz CT molecular complexity index is 226. The molecule has 1 heterocycles. The van der Waals surface area contributed by atoms with Crippen LogP contribution in [0.25, 0.3) is 0 Å². The molecule has 1 saturated heterocycles. The second-order valence-electron chi connectivity index (χ2n) is 2.72. The van der Waals surface area contributed by atoms with Gasteiger partial charge in [-0.15, -0.1) is 0 Å². The zero-order chi connectivity index (χ0) is 8.48. The molecular weight excluding hydrogens is 166 g/mol. The maximum atomic E-state index is 10.8. The number of nitrogens with zero attached hydrogens (tertiary/aromatic N) is 1. The third kappa shape index (κ3) is 2.13. The normalized spacial score (nSPS) is 28.7. The average Bonchev–Trinajstić information content (AvgIpc) is 1.86. The van der Waals surface area contributed by atoms with Crippen LogP contribution in [0.1, 0.15) is 19.3 Å². The minimum absolute atomic E-state index is 0.418. The van der Waals surface area contributed by atoms with Gasteiger partial charge >= 0.3 is 0 Å². The maximum absolute atomic E-state index is 10.8. The van der Waals surface area contributed by atoms with E-state index < -0.39 is 16.4 Å². The standard InChI is InChI=1S/C5H13N3O2S/c6-5-3-1-2-4-8(5)11(7,9)10/h5H,1-4,6H2,(H2,7,9,10). The molecule has 0 radical (unpaired) electrons. The van der Waals surface area contributed by atoms with Gasteiger partial charge in [0.1, 0.15) is 0 Å². The minimum atomic E-state index is -3.57. The highest BCUT2D eigenvalue weighted by Gasteiger charge is 2.26. The van der Waals surface area contributed by atoms with Gasteiger partial charge in [-0.3, -0.25) is 0 Å². The van der Waals surface area contributed by atoms with Crippen molar-refractivity contribution in [1.82, 2.24) is 4.31 Å². The molecule has 1 aliphatic rings. The zero-order valence-corrected chi connectivity index (χ0v) is 7.05. The molecule has 1 unspecified atom stereocenters. The molecule has 1 rings (SSSR count). The van der Waals surface area contributed by atoms with Gasteiger partial charge in [-0.05, 0) is 19.3 Å². The molecule has 0 bridgehead atoms. The molecule has 4 N–H and O–H groups in total. The predicted molar refractivity (Wildman–Crippen MR) is 41.6 cm³/mol. The second-order valence-corrected chi connectivity index (χ2v) is 4.22. The third-order valence-electron chi connectivity index (χ3n) is 1.83. The molecule has 0 aliphatic carbocycles. The van der Waals surface area contributed by atoms with Crippen molar-refractivity contribution >= 4 is 10.2 Å². The first-order valence-electron chi connectivity index (χ1n) is 3.57. The van der Waals surface area contributed by atoms with Crippen LogP contribution in [0.3, 0.4) is 0 Å². The molecule has 0 aromatic heterocycles. The smallest absolute Gasteiger partial charge is 0.278 e. The van der Waals surface area contributed by atoms with E-state index in [1.54, 1.807) is 0 Å². The summed E-state index contributed by atoms with van der Waals surface area (Å²) in [6.07, 6.45) is 2.12. The van der Waals surface area contributed by atoms with Crippen LogP contribution in [-0.2, 0) is 10.2 Å². The lowest BCUT2D eigenvalue weighted by Crippen LogP contribution is -2.51. The van der Waals surface area contributed by atoms with Gasteiger partial charge in [0.25, 0.3) is 10.2 Å². The Labute approximate surface area is 66.5 Å². The highest BCUT2D eigenvalue weighted by molar-refractivity contribution is 7.86. The first kappa shape index (κ1) is 8.92. The molecule has 6 heteroatoms. The van der Waals surface area contributed by atoms with E-state index in [9.17, 15) is 8.42 Å². The molecule has 66 valence electrons. The predicted octanol–water partition coefficient (Wildman–Crippen LogP) is -1.04. The van der Waals surface area contributed by atoms with E-state index >= 15 is 0 Å². The molecule has 0 aromatic rings. The number of nitrogens with two attached hydrogens (primary N) is 2. The van der Waals surface area contributed by atoms with E-state index in [1.807, 2.05) is 0 Å². The Morgan fingerprint density at radius 1 is 1.36 bits per heavy atom. The van der Waals surface area contributed by atoms with Crippen LogP contribution < -0.4 is 10.9 Å². The van der Waals surface area contributed by atoms with Crippen LogP contribution in [0.5, 0.6) is 0 Å². The summed E-state index contributed by atoms with van der Waals surface area (Å²) in [7, 11) is -3.57. The van der Waals surface area contributed by atoms with Gasteiger partial charge in [0.05, 0.1) is 6.17 Å². The van der Waals surface area contributed by atoms with Crippen molar-refractivity contribution in [1.29, 1.82) is 0 Å². The van der Waals surface area contributed by atoms with Gasteiger partial charge in [-0.25, -0.2) is 5.14 Å². The molecule has 1 aliphatic heterocycles. The molecular formula is C5H13N3O2S. The quantitative estimate of drug-likeness (QED) is 0.539. The molecule has 1 fully saturated rings. The van der Waals surface area contributed by atoms with Crippen LogP contribution in [0, 0.1) is 0 Å². The number of rotatable bonds is 1. The maximum Gasteiger partial charge on any atom is 0.278 e. The average molecular weight is 179 g/mol. The highest BCUT2D eigenvalue weighted by atomic mass is 32.2. The van der Waals surface area contributed by atoms with E-state index in [-0.39, 0.29) is 0 Å². The highest BCUT2D eigenvalue weighted by Crippen LogP contribution is 2.14. The lowest BCUT2D eigenvalue weighted by molar-refractivity contribution is 0.258. The van der Waals surface area contributed by atoms with Gasteiger partial charge < -0.3 is 5.73 Å². The topological polar surface area (TPSA) is 89.4 Å². The van der Waals surface area contributed by atoms with Gasteiger partial charge in [0.15, 0.2) is 0 Å². The Hall–Kier alpha value is -0.170. The third-order valence-corrected chi connectivity index (χ3v) is 2.93. The van der Waals surface area contributed by atoms with Crippen molar-refractivity contribution < 1.29 is 8.42 Å². The fourth-order valence-corrected chi connectivity index (χ4v) is 2.11. The first-order chi connectivity index (χ1) is 5.02. The van der Waals surface area contributed by atoms with Crippen LogP contribution >= 0.6 is 0 Å². The molecule has 5 nitrogen and oxygen atoms in total. The molecule has 0 amide bonds. The summed E-state index contributed by atoms with van der Waals surface area (Å²) in [6, 6.07) is 0. The van der Waals surface area contributed by atoms with Crippen molar-refractivity contribution in [3.05, 3.63) is 0 Å². The fraction of sp³-hybridized carbons (Fsp3) is 1.00. The van der Waals surface area contributed by atoms with Gasteiger partial charge in [0.2, 0.25) is 0 Å². The van der Waals surface area contributed by atoms with E-state index in [0.29, 0.717) is 13.0 Å². The number of hydrogen-bond acceptors (Lipinski definition) is 3. The lowest BCUT2D eigenvalue weighted by Gasteiger charge is -2.29. The van der Waals surface area contributed by atoms with Crippen LogP contribution in [0.2, 0.25) is 0 Å². The van der Waals surface area contributed by atoms with Gasteiger partial charge in [0, 0.05) is 6.54 Å². The van der Waals surface area contributed by atoms with Crippen molar-refractivity contribution in [2.75, 3.05) is 6.54 Å². The van der Waals surface area contributed by atoms with Crippen molar-refractivity contribution in [3.8, 4) is 0 Å². The lowest BCUT2D eigenvalue weighted by atomic mass is 10.1. The van der Waals surface area contributed by atoms with Crippen LogP contribution in [0.15, 0.2) is 0 Å². The Balaban J connectivity index is 2.70. The fourth-order valence-electron chi connectivity index (χ4n) is 1.25. The largest absolute Gasteiger partial charge is 0.315 e. The van der Waals surface area contributed by atoms with Crippen molar-refractivity contribution in [3.63, 3.8) is 0 Å². The molecule has 0 saturated carbocycles. The van der Waals surface area contributed by atoms with E-state index in [1.165, 1.54) is 0 Å². The van der Waals surface area contributed by atoms with Crippen LogP contribution in [-0.4, -0.2) is 25.4 Å². The Morgan fingerprint density at radius 2 is 2.00 bits per heavy atom. The molecule has 0 aromatic carbocycles. The summed E-state index contributed by atoms with van der Waals surface area (Å²) in [5, 5.41) is 4.92. The Kier molecular flexibility index (Phi) is 2.48. The monoisotopic (exact) mass is 179 g/mol. The van der Waals surface area contributed by atoms with Crippen LogP contribution in [0.4, 0.5) is 0 Å². The number of piperidine rings is 1. The summed E-state index contributed by atoms with van der Waals surface area (Å²) in [5.74, 6) is 0. The van der Waals surface area contributed by atoms with Crippen molar-refractivity contribution in [2.45, 2.75) is 25.4 Å². The summed E-state index contributed by atoms with van der Waals surface area (Å²) in [4.78, 5) is 0. The summed E-state index contributed by atoms with van der Waals surface area (Å²) in [6.45, 7) is 0.458. The number of hydrogen-bond donors (Lipinski definition) is 2. The molecule has 1 atom stereocenters. The van der Waals surface area contributed by atoms with Gasteiger partial charge in [-0.2, -0.15) is 12.7 Å². The summed E-state index contributed by atoms with van der Waals surface area (Å²) < 4.78 is 22.8. The van der Waals surface area contributed by atoms with E-state index in [4.69, 9.17) is 10.9 Å².